The highest BCUT2D eigenvalue weighted by molar-refractivity contribution is 5.95. The first-order valence-corrected chi connectivity index (χ1v) is 8.70. The van der Waals surface area contributed by atoms with Crippen LogP contribution in [-0.2, 0) is 20.7 Å². The number of carbonyl (C=O) groups is 2. The van der Waals surface area contributed by atoms with Crippen molar-refractivity contribution in [2.75, 3.05) is 19.0 Å². The van der Waals surface area contributed by atoms with Crippen LogP contribution >= 0.6 is 0 Å². The Hall–Kier alpha value is -3.42. The van der Waals surface area contributed by atoms with E-state index in [4.69, 9.17) is 14.2 Å². The summed E-state index contributed by atoms with van der Waals surface area (Å²) in [5.41, 5.74) is 0.346. The molecule has 8 heteroatoms. The van der Waals surface area contributed by atoms with Crippen LogP contribution < -0.4 is 14.8 Å². The van der Waals surface area contributed by atoms with Gasteiger partial charge in [-0.2, -0.15) is 0 Å². The van der Waals surface area contributed by atoms with Gasteiger partial charge in [-0.05, 0) is 43.2 Å². The number of benzene rings is 2. The van der Waals surface area contributed by atoms with Crippen LogP contribution in [-0.4, -0.2) is 31.7 Å². The van der Waals surface area contributed by atoms with Crippen molar-refractivity contribution >= 4 is 17.6 Å². The Bertz CT molecular complexity index is 880. The Morgan fingerprint density at radius 3 is 2.48 bits per heavy atom. The number of allylic oxidation sites excluding steroid dienone is 1. The fourth-order valence-corrected chi connectivity index (χ4v) is 2.39. The van der Waals surface area contributed by atoms with E-state index in [-0.39, 0.29) is 0 Å². The molecule has 0 aliphatic rings. The number of amides is 1. The normalized spacial score (nSPS) is 11.3. The summed E-state index contributed by atoms with van der Waals surface area (Å²) in [7, 11) is 1.46. The van der Waals surface area contributed by atoms with E-state index >= 15 is 0 Å². The van der Waals surface area contributed by atoms with Gasteiger partial charge in [0.15, 0.2) is 24.2 Å². The molecule has 2 aromatic carbocycles. The fourth-order valence-electron chi connectivity index (χ4n) is 2.39. The Labute approximate surface area is 167 Å². The number of esters is 1. The third-order valence-corrected chi connectivity index (χ3v) is 3.84. The van der Waals surface area contributed by atoms with Crippen LogP contribution in [0, 0.1) is 11.6 Å². The summed E-state index contributed by atoms with van der Waals surface area (Å²) in [6, 6.07) is 8.35. The topological polar surface area (TPSA) is 73.9 Å². The monoisotopic (exact) mass is 405 g/mol. The molecule has 0 heterocycles. The number of nitrogens with one attached hydrogen (secondary N) is 1. The maximum atomic E-state index is 13.6. The van der Waals surface area contributed by atoms with E-state index in [1.165, 1.54) is 20.1 Å². The average molecular weight is 405 g/mol. The number of anilines is 1. The Kier molecular flexibility index (Phi) is 7.70. The largest absolute Gasteiger partial charge is 0.493 e. The number of carbonyl (C=O) groups excluding carboxylic acids is 2. The predicted molar refractivity (Wildman–Crippen MR) is 103 cm³/mol. The SMILES string of the molecule is C=CCc1ccc(OCC(=O)O[C@@H](C)C(=O)Nc2c(F)cccc2F)c(OC)c1. The highest BCUT2D eigenvalue weighted by Crippen LogP contribution is 2.28. The third kappa shape index (κ3) is 6.03. The number of rotatable bonds is 9. The summed E-state index contributed by atoms with van der Waals surface area (Å²) >= 11 is 0. The van der Waals surface area contributed by atoms with Crippen molar-refractivity contribution < 1.29 is 32.6 Å². The maximum Gasteiger partial charge on any atom is 0.344 e. The quantitative estimate of drug-likeness (QED) is 0.509. The highest BCUT2D eigenvalue weighted by atomic mass is 19.1. The summed E-state index contributed by atoms with van der Waals surface area (Å²) < 4.78 is 42.7. The smallest absolute Gasteiger partial charge is 0.344 e. The minimum absolute atomic E-state index is 0.322. The molecular weight excluding hydrogens is 384 g/mol. The van der Waals surface area contributed by atoms with Gasteiger partial charge in [0.25, 0.3) is 5.91 Å². The van der Waals surface area contributed by atoms with E-state index in [1.54, 1.807) is 24.3 Å². The van der Waals surface area contributed by atoms with Crippen molar-refractivity contribution in [1.29, 1.82) is 0 Å². The molecule has 0 radical (unpaired) electrons. The van der Waals surface area contributed by atoms with Gasteiger partial charge < -0.3 is 19.5 Å². The van der Waals surface area contributed by atoms with Crippen LogP contribution in [0.3, 0.4) is 0 Å². The first-order chi connectivity index (χ1) is 13.8. The molecule has 0 aliphatic heterocycles. The molecule has 1 atom stereocenters. The molecule has 0 saturated heterocycles. The zero-order chi connectivity index (χ0) is 21.4. The molecule has 154 valence electrons. The summed E-state index contributed by atoms with van der Waals surface area (Å²) in [6.07, 6.45) is 1.10. The zero-order valence-electron chi connectivity index (χ0n) is 16.0. The lowest BCUT2D eigenvalue weighted by Gasteiger charge is -2.15. The Balaban J connectivity index is 1.91. The second-order valence-electron chi connectivity index (χ2n) is 5.98. The zero-order valence-corrected chi connectivity index (χ0v) is 16.0. The van der Waals surface area contributed by atoms with Gasteiger partial charge in [0.1, 0.15) is 17.3 Å². The molecule has 0 spiro atoms. The van der Waals surface area contributed by atoms with Crippen molar-refractivity contribution in [3.8, 4) is 11.5 Å². The molecule has 2 aromatic rings. The maximum absolute atomic E-state index is 13.6. The van der Waals surface area contributed by atoms with Crippen LogP contribution in [0.25, 0.3) is 0 Å². The molecule has 2 rings (SSSR count). The van der Waals surface area contributed by atoms with Crippen LogP contribution in [0.2, 0.25) is 0 Å². The van der Waals surface area contributed by atoms with Gasteiger partial charge in [0.2, 0.25) is 0 Å². The van der Waals surface area contributed by atoms with Crippen molar-refractivity contribution in [3.05, 3.63) is 66.3 Å². The van der Waals surface area contributed by atoms with Gasteiger partial charge in [0.05, 0.1) is 7.11 Å². The Morgan fingerprint density at radius 1 is 1.17 bits per heavy atom. The van der Waals surface area contributed by atoms with E-state index in [0.29, 0.717) is 17.9 Å². The molecule has 0 aromatic heterocycles. The van der Waals surface area contributed by atoms with Crippen LogP contribution in [0.1, 0.15) is 12.5 Å². The lowest BCUT2D eigenvalue weighted by molar-refractivity contribution is -0.155. The summed E-state index contributed by atoms with van der Waals surface area (Å²) in [6.45, 7) is 4.45. The van der Waals surface area contributed by atoms with E-state index in [2.05, 4.69) is 11.9 Å². The number of ether oxygens (including phenoxy) is 3. The summed E-state index contributed by atoms with van der Waals surface area (Å²) in [4.78, 5) is 24.0. The number of para-hydroxylation sites is 1. The average Bonchev–Trinajstić information content (AvgIpc) is 2.69. The van der Waals surface area contributed by atoms with Gasteiger partial charge in [-0.25, -0.2) is 13.6 Å². The Morgan fingerprint density at radius 2 is 1.86 bits per heavy atom. The van der Waals surface area contributed by atoms with E-state index in [9.17, 15) is 18.4 Å². The minimum Gasteiger partial charge on any atom is -0.493 e. The van der Waals surface area contributed by atoms with Gasteiger partial charge in [-0.1, -0.05) is 18.2 Å². The van der Waals surface area contributed by atoms with Gasteiger partial charge in [-0.15, -0.1) is 6.58 Å². The minimum atomic E-state index is -1.29. The molecule has 0 bridgehead atoms. The third-order valence-electron chi connectivity index (χ3n) is 3.84. The number of methoxy groups -OCH3 is 1. The summed E-state index contributed by atoms with van der Waals surface area (Å²) in [5, 5.41) is 2.06. The molecule has 29 heavy (non-hydrogen) atoms. The van der Waals surface area contributed by atoms with E-state index < -0.39 is 41.9 Å². The van der Waals surface area contributed by atoms with E-state index in [1.807, 2.05) is 0 Å². The molecule has 1 amide bonds. The highest BCUT2D eigenvalue weighted by Gasteiger charge is 2.21. The molecular formula is C21H21F2NO5. The van der Waals surface area contributed by atoms with Crippen molar-refractivity contribution in [1.82, 2.24) is 0 Å². The molecule has 1 N–H and O–H groups in total. The van der Waals surface area contributed by atoms with Crippen LogP contribution in [0.4, 0.5) is 14.5 Å². The summed E-state index contributed by atoms with van der Waals surface area (Å²) in [5.74, 6) is -2.84. The lowest BCUT2D eigenvalue weighted by Crippen LogP contribution is -2.32. The molecule has 0 unspecified atom stereocenters. The number of hydrogen-bond donors (Lipinski definition) is 1. The van der Waals surface area contributed by atoms with Crippen molar-refractivity contribution in [3.63, 3.8) is 0 Å². The molecule has 0 saturated carbocycles. The molecule has 6 nitrogen and oxygen atoms in total. The van der Waals surface area contributed by atoms with Gasteiger partial charge in [0, 0.05) is 0 Å². The predicted octanol–water partition coefficient (Wildman–Crippen LogP) is 3.65. The number of hydrogen-bond acceptors (Lipinski definition) is 5. The van der Waals surface area contributed by atoms with Crippen molar-refractivity contribution in [2.24, 2.45) is 0 Å². The lowest BCUT2D eigenvalue weighted by atomic mass is 10.1. The van der Waals surface area contributed by atoms with E-state index in [0.717, 1.165) is 17.7 Å². The van der Waals surface area contributed by atoms with Crippen molar-refractivity contribution in [2.45, 2.75) is 19.4 Å². The number of halogens is 2. The van der Waals surface area contributed by atoms with Gasteiger partial charge in [-0.3, -0.25) is 4.79 Å². The molecule has 0 aliphatic carbocycles. The van der Waals surface area contributed by atoms with Gasteiger partial charge >= 0.3 is 5.97 Å². The fraction of sp³-hybridized carbons (Fsp3) is 0.238. The molecule has 0 fully saturated rings. The van der Waals surface area contributed by atoms with Crippen LogP contribution in [0.5, 0.6) is 11.5 Å². The first kappa shape index (κ1) is 21.9. The van der Waals surface area contributed by atoms with Crippen LogP contribution in [0.15, 0.2) is 49.1 Å². The standard InChI is InChI=1S/C21H21F2NO5/c1-4-6-14-9-10-17(18(11-14)27-3)28-12-19(25)29-13(2)21(26)24-20-15(22)7-5-8-16(20)23/h4-5,7-11,13H,1,6,12H2,2-3H3,(H,24,26)/t13-/m0/s1. The first-order valence-electron chi connectivity index (χ1n) is 8.70. The second kappa shape index (κ2) is 10.2. The second-order valence-corrected chi connectivity index (χ2v) is 5.98.